The third-order valence-corrected chi connectivity index (χ3v) is 4.29. The molecule has 134 valence electrons. The van der Waals surface area contributed by atoms with Gasteiger partial charge >= 0.3 is 12.0 Å². The summed E-state index contributed by atoms with van der Waals surface area (Å²) in [5, 5.41) is 5.70. The molecule has 25 heavy (non-hydrogen) atoms. The molecule has 1 N–H and O–H groups in total. The normalized spacial score (nSPS) is 10.4. The molecule has 0 saturated carbocycles. The van der Waals surface area contributed by atoms with Crippen LogP contribution in [0.25, 0.3) is 0 Å². The molecule has 1 aromatic heterocycles. The molecule has 1 aromatic carbocycles. The first-order valence-electron chi connectivity index (χ1n) is 7.96. The van der Waals surface area contributed by atoms with Gasteiger partial charge in [-0.1, -0.05) is 24.6 Å². The van der Waals surface area contributed by atoms with Gasteiger partial charge in [-0.15, -0.1) is 11.3 Å². The van der Waals surface area contributed by atoms with E-state index in [1.165, 1.54) is 11.3 Å². The minimum Gasteiger partial charge on any atom is -0.461 e. The summed E-state index contributed by atoms with van der Waals surface area (Å²) in [6.45, 7) is 4.93. The summed E-state index contributed by atoms with van der Waals surface area (Å²) in [6.07, 6.45) is 0.805. The smallest absolute Gasteiger partial charge is 0.357 e. The Balaban J connectivity index is 2.04. The fourth-order valence-corrected chi connectivity index (χ4v) is 3.10. The second kappa shape index (κ2) is 9.39. The van der Waals surface area contributed by atoms with Gasteiger partial charge in [-0.3, -0.25) is 0 Å². The molecule has 2 rings (SSSR count). The molecule has 0 aliphatic carbocycles. The maximum atomic E-state index is 12.5. The highest BCUT2D eigenvalue weighted by atomic mass is 35.5. The van der Waals surface area contributed by atoms with Crippen LogP contribution in [0.5, 0.6) is 0 Å². The number of esters is 1. The lowest BCUT2D eigenvalue weighted by atomic mass is 10.3. The third kappa shape index (κ3) is 5.72. The van der Waals surface area contributed by atoms with Crippen molar-refractivity contribution in [2.75, 3.05) is 18.5 Å². The second-order valence-electron chi connectivity index (χ2n) is 5.21. The van der Waals surface area contributed by atoms with Crippen LogP contribution in [-0.4, -0.2) is 35.0 Å². The lowest BCUT2D eigenvalue weighted by Crippen LogP contribution is -2.35. The molecule has 0 saturated heterocycles. The number of nitrogens with one attached hydrogen (secondary N) is 1. The molecule has 0 aliphatic heterocycles. The van der Waals surface area contributed by atoms with Crippen molar-refractivity contribution in [2.45, 2.75) is 26.8 Å². The Morgan fingerprint density at radius 1 is 1.36 bits per heavy atom. The molecule has 0 radical (unpaired) electrons. The lowest BCUT2D eigenvalue weighted by molar-refractivity contribution is 0.0520. The summed E-state index contributed by atoms with van der Waals surface area (Å²) in [6, 6.07) is 6.74. The minimum atomic E-state index is -0.449. The first kappa shape index (κ1) is 19.2. The molecule has 0 unspecified atom stereocenters. The van der Waals surface area contributed by atoms with E-state index in [0.717, 1.165) is 6.42 Å². The summed E-state index contributed by atoms with van der Waals surface area (Å²) in [5.41, 5.74) is 0.901. The quantitative estimate of drug-likeness (QED) is 0.720. The van der Waals surface area contributed by atoms with E-state index in [-0.39, 0.29) is 11.7 Å². The Kier molecular flexibility index (Phi) is 7.21. The van der Waals surface area contributed by atoms with E-state index in [2.05, 4.69) is 10.3 Å². The van der Waals surface area contributed by atoms with E-state index in [1.807, 2.05) is 6.92 Å². The van der Waals surface area contributed by atoms with Crippen molar-refractivity contribution in [3.05, 3.63) is 45.4 Å². The predicted octanol–water partition coefficient (Wildman–Crippen LogP) is 4.42. The number of aromatic nitrogens is 1. The highest BCUT2D eigenvalue weighted by Gasteiger charge is 2.17. The number of amides is 2. The number of hydrogen-bond donors (Lipinski definition) is 1. The first-order valence-corrected chi connectivity index (χ1v) is 9.22. The molecule has 2 aromatic rings. The van der Waals surface area contributed by atoms with Gasteiger partial charge in [0.15, 0.2) is 5.69 Å². The van der Waals surface area contributed by atoms with Gasteiger partial charge in [-0.2, -0.15) is 0 Å². The molecular formula is C17H20ClN3O3S. The number of carbonyl (C=O) groups is 2. The van der Waals surface area contributed by atoms with Gasteiger partial charge in [0.25, 0.3) is 0 Å². The van der Waals surface area contributed by atoms with E-state index in [4.69, 9.17) is 16.3 Å². The second-order valence-corrected chi connectivity index (χ2v) is 6.59. The Morgan fingerprint density at radius 3 is 2.84 bits per heavy atom. The molecule has 0 fully saturated rings. The van der Waals surface area contributed by atoms with Crippen LogP contribution in [0.15, 0.2) is 29.6 Å². The van der Waals surface area contributed by atoms with Crippen molar-refractivity contribution in [3.63, 3.8) is 0 Å². The zero-order chi connectivity index (χ0) is 18.2. The maximum absolute atomic E-state index is 12.5. The van der Waals surface area contributed by atoms with Crippen LogP contribution in [-0.2, 0) is 11.3 Å². The van der Waals surface area contributed by atoms with E-state index in [1.54, 1.807) is 41.5 Å². The molecular weight excluding hydrogens is 362 g/mol. The molecule has 2 amide bonds. The number of hydrogen-bond acceptors (Lipinski definition) is 5. The summed E-state index contributed by atoms with van der Waals surface area (Å²) < 4.78 is 4.93. The van der Waals surface area contributed by atoms with E-state index >= 15 is 0 Å². The average molecular weight is 382 g/mol. The SMILES string of the molecule is CCCN(Cc1nc(C(=O)OCC)cs1)C(=O)Nc1cccc(Cl)c1. The van der Waals surface area contributed by atoms with Crippen molar-refractivity contribution in [3.8, 4) is 0 Å². The van der Waals surface area contributed by atoms with Gasteiger partial charge in [0.1, 0.15) is 5.01 Å². The van der Waals surface area contributed by atoms with Crippen LogP contribution in [0, 0.1) is 0 Å². The fraction of sp³-hybridized carbons (Fsp3) is 0.353. The highest BCUT2D eigenvalue weighted by Crippen LogP contribution is 2.17. The lowest BCUT2D eigenvalue weighted by Gasteiger charge is -2.21. The van der Waals surface area contributed by atoms with Crippen molar-refractivity contribution in [2.24, 2.45) is 0 Å². The molecule has 0 bridgehead atoms. The third-order valence-electron chi connectivity index (χ3n) is 3.22. The monoisotopic (exact) mass is 381 g/mol. The van der Waals surface area contributed by atoms with E-state index in [0.29, 0.717) is 35.4 Å². The van der Waals surface area contributed by atoms with Gasteiger partial charge in [-0.05, 0) is 31.5 Å². The number of anilines is 1. The van der Waals surface area contributed by atoms with Gasteiger partial charge < -0.3 is 15.0 Å². The summed E-state index contributed by atoms with van der Waals surface area (Å²) in [4.78, 5) is 30.1. The molecule has 1 heterocycles. The number of thiazole rings is 1. The largest absolute Gasteiger partial charge is 0.461 e. The standard InChI is InChI=1S/C17H20ClN3O3S/c1-3-8-21(17(23)19-13-7-5-6-12(18)9-13)10-15-20-14(11-25-15)16(22)24-4-2/h5-7,9,11H,3-4,8,10H2,1-2H3,(H,19,23). The number of carbonyl (C=O) groups excluding carboxylic acids is 2. The van der Waals surface area contributed by atoms with Crippen LogP contribution >= 0.6 is 22.9 Å². The van der Waals surface area contributed by atoms with Crippen molar-refractivity contribution >= 4 is 40.6 Å². The topological polar surface area (TPSA) is 71.5 Å². The van der Waals surface area contributed by atoms with Gasteiger partial charge in [0, 0.05) is 22.6 Å². The predicted molar refractivity (Wildman–Crippen MR) is 99.2 cm³/mol. The number of halogens is 1. The molecule has 6 nitrogen and oxygen atoms in total. The Morgan fingerprint density at radius 2 is 2.16 bits per heavy atom. The van der Waals surface area contributed by atoms with Crippen LogP contribution in [0.3, 0.4) is 0 Å². The zero-order valence-corrected chi connectivity index (χ0v) is 15.7. The summed E-state index contributed by atoms with van der Waals surface area (Å²) >= 11 is 7.27. The molecule has 0 spiro atoms. The Bertz CT molecular complexity index is 735. The van der Waals surface area contributed by atoms with E-state index < -0.39 is 5.97 Å². The number of nitrogens with zero attached hydrogens (tertiary/aromatic N) is 2. The van der Waals surface area contributed by atoms with Gasteiger partial charge in [0.05, 0.1) is 13.2 Å². The number of urea groups is 1. The Hall–Kier alpha value is -2.12. The summed E-state index contributed by atoms with van der Waals surface area (Å²) in [5.74, 6) is -0.449. The fourth-order valence-electron chi connectivity index (χ4n) is 2.14. The minimum absolute atomic E-state index is 0.239. The molecule has 8 heteroatoms. The number of benzene rings is 1. The van der Waals surface area contributed by atoms with Crippen LogP contribution < -0.4 is 5.32 Å². The maximum Gasteiger partial charge on any atom is 0.357 e. The van der Waals surface area contributed by atoms with Crippen LogP contribution in [0.1, 0.15) is 35.8 Å². The van der Waals surface area contributed by atoms with Crippen molar-refractivity contribution in [1.29, 1.82) is 0 Å². The Labute approximate surface area is 155 Å². The molecule has 0 aliphatic rings. The number of rotatable bonds is 7. The van der Waals surface area contributed by atoms with Crippen molar-refractivity contribution in [1.82, 2.24) is 9.88 Å². The van der Waals surface area contributed by atoms with Crippen LogP contribution in [0.4, 0.5) is 10.5 Å². The van der Waals surface area contributed by atoms with Crippen molar-refractivity contribution < 1.29 is 14.3 Å². The van der Waals surface area contributed by atoms with Gasteiger partial charge in [-0.25, -0.2) is 14.6 Å². The van der Waals surface area contributed by atoms with E-state index in [9.17, 15) is 9.59 Å². The number of ether oxygens (including phenoxy) is 1. The zero-order valence-electron chi connectivity index (χ0n) is 14.1. The highest BCUT2D eigenvalue weighted by molar-refractivity contribution is 7.09. The average Bonchev–Trinajstić information content (AvgIpc) is 3.03. The first-order chi connectivity index (χ1) is 12.0. The molecule has 0 atom stereocenters. The summed E-state index contributed by atoms with van der Waals surface area (Å²) in [7, 11) is 0. The van der Waals surface area contributed by atoms with Gasteiger partial charge in [0.2, 0.25) is 0 Å². The van der Waals surface area contributed by atoms with Crippen LogP contribution in [0.2, 0.25) is 5.02 Å².